The second-order valence-electron chi connectivity index (χ2n) is 7.93. The highest BCUT2D eigenvalue weighted by Crippen LogP contribution is 2.26. The van der Waals surface area contributed by atoms with Gasteiger partial charge in [-0.05, 0) is 43.2 Å². The number of anilines is 2. The fourth-order valence-corrected chi connectivity index (χ4v) is 4.01. The van der Waals surface area contributed by atoms with E-state index in [0.717, 1.165) is 12.8 Å². The van der Waals surface area contributed by atoms with Gasteiger partial charge < -0.3 is 19.7 Å². The summed E-state index contributed by atoms with van der Waals surface area (Å²) < 4.78 is 14.4. The van der Waals surface area contributed by atoms with Crippen LogP contribution in [0.4, 0.5) is 15.8 Å². The molecule has 0 unspecified atom stereocenters. The SMILES string of the molecule is Cn1cc(C(=O)N2CCCC2)cc(NC(=O)[C@H]2CC(=O)N(c3ccc(F)cc3)C2)c1=O. The Kier molecular flexibility index (Phi) is 5.58. The highest BCUT2D eigenvalue weighted by atomic mass is 19.1. The molecule has 0 spiro atoms. The van der Waals surface area contributed by atoms with Crippen molar-refractivity contribution in [2.45, 2.75) is 19.3 Å². The summed E-state index contributed by atoms with van der Waals surface area (Å²) in [7, 11) is 1.52. The molecule has 9 heteroatoms. The van der Waals surface area contributed by atoms with E-state index in [1.165, 1.54) is 53.0 Å². The van der Waals surface area contributed by atoms with Gasteiger partial charge >= 0.3 is 0 Å². The van der Waals surface area contributed by atoms with E-state index in [9.17, 15) is 23.6 Å². The Morgan fingerprint density at radius 1 is 1.10 bits per heavy atom. The molecule has 3 heterocycles. The van der Waals surface area contributed by atoms with Crippen LogP contribution in [-0.4, -0.2) is 46.8 Å². The van der Waals surface area contributed by atoms with E-state index in [1.807, 2.05) is 0 Å². The van der Waals surface area contributed by atoms with Crippen molar-refractivity contribution >= 4 is 29.1 Å². The number of nitrogens with zero attached hydrogens (tertiary/aromatic N) is 3. The summed E-state index contributed by atoms with van der Waals surface area (Å²) in [6, 6.07) is 6.87. The normalized spacial score (nSPS) is 18.5. The van der Waals surface area contributed by atoms with Crippen molar-refractivity contribution in [1.29, 1.82) is 0 Å². The highest BCUT2D eigenvalue weighted by Gasteiger charge is 2.35. The average Bonchev–Trinajstić information content (AvgIpc) is 3.41. The van der Waals surface area contributed by atoms with Gasteiger partial charge in [0, 0.05) is 45.0 Å². The highest BCUT2D eigenvalue weighted by molar-refractivity contribution is 6.04. The topological polar surface area (TPSA) is 91.7 Å². The summed E-state index contributed by atoms with van der Waals surface area (Å²) in [5, 5.41) is 2.60. The maximum absolute atomic E-state index is 13.2. The van der Waals surface area contributed by atoms with Crippen LogP contribution in [0.25, 0.3) is 0 Å². The molecule has 2 aliphatic rings. The average molecular weight is 426 g/mol. The molecule has 0 aliphatic carbocycles. The molecule has 2 saturated heterocycles. The molecule has 2 aliphatic heterocycles. The van der Waals surface area contributed by atoms with E-state index in [4.69, 9.17) is 0 Å². The minimum absolute atomic E-state index is 0.00484. The largest absolute Gasteiger partial charge is 0.339 e. The van der Waals surface area contributed by atoms with Crippen LogP contribution in [0.3, 0.4) is 0 Å². The fourth-order valence-electron chi connectivity index (χ4n) is 4.01. The Bertz CT molecular complexity index is 1090. The number of rotatable bonds is 4. The van der Waals surface area contributed by atoms with Crippen LogP contribution < -0.4 is 15.8 Å². The minimum Gasteiger partial charge on any atom is -0.339 e. The number of carbonyl (C=O) groups excluding carboxylic acids is 3. The zero-order chi connectivity index (χ0) is 22.1. The molecule has 4 rings (SSSR count). The molecule has 8 nitrogen and oxygen atoms in total. The lowest BCUT2D eigenvalue weighted by atomic mass is 10.1. The van der Waals surface area contributed by atoms with Crippen molar-refractivity contribution < 1.29 is 18.8 Å². The van der Waals surface area contributed by atoms with Gasteiger partial charge in [-0.25, -0.2) is 4.39 Å². The van der Waals surface area contributed by atoms with Crippen molar-refractivity contribution in [2.24, 2.45) is 13.0 Å². The first-order chi connectivity index (χ1) is 14.8. The smallest absolute Gasteiger partial charge is 0.274 e. The van der Waals surface area contributed by atoms with Gasteiger partial charge in [-0.1, -0.05) is 0 Å². The van der Waals surface area contributed by atoms with Gasteiger partial charge in [0.2, 0.25) is 11.8 Å². The summed E-state index contributed by atoms with van der Waals surface area (Å²) in [6.45, 7) is 1.47. The van der Waals surface area contributed by atoms with Crippen LogP contribution in [-0.2, 0) is 16.6 Å². The van der Waals surface area contributed by atoms with E-state index >= 15 is 0 Å². The number of likely N-dealkylation sites (tertiary alicyclic amines) is 1. The molecule has 0 bridgehead atoms. The number of benzene rings is 1. The first-order valence-corrected chi connectivity index (χ1v) is 10.2. The third kappa shape index (κ3) is 4.21. The first kappa shape index (κ1) is 20.8. The molecule has 3 amide bonds. The van der Waals surface area contributed by atoms with Crippen LogP contribution >= 0.6 is 0 Å². The molecule has 162 valence electrons. The fraction of sp³-hybridized carbons (Fsp3) is 0.364. The van der Waals surface area contributed by atoms with Gasteiger partial charge in [0.1, 0.15) is 11.5 Å². The molecule has 1 atom stereocenters. The van der Waals surface area contributed by atoms with E-state index < -0.39 is 23.2 Å². The Hall–Kier alpha value is -3.49. The van der Waals surface area contributed by atoms with Crippen LogP contribution in [0.2, 0.25) is 0 Å². The number of pyridine rings is 1. The van der Waals surface area contributed by atoms with Gasteiger partial charge in [-0.3, -0.25) is 19.2 Å². The van der Waals surface area contributed by atoms with E-state index in [-0.39, 0.29) is 30.5 Å². The molecular weight excluding hydrogens is 403 g/mol. The van der Waals surface area contributed by atoms with Gasteiger partial charge in [0.25, 0.3) is 11.5 Å². The van der Waals surface area contributed by atoms with Crippen molar-refractivity contribution in [1.82, 2.24) is 9.47 Å². The summed E-state index contributed by atoms with van der Waals surface area (Å²) in [4.78, 5) is 53.5. The second kappa shape index (κ2) is 8.33. The molecular formula is C22H23FN4O4. The molecule has 0 saturated carbocycles. The zero-order valence-corrected chi connectivity index (χ0v) is 17.1. The number of amides is 3. The number of halogens is 1. The molecule has 1 aromatic carbocycles. The Morgan fingerprint density at radius 3 is 2.45 bits per heavy atom. The molecule has 1 aromatic heterocycles. The third-order valence-corrected chi connectivity index (χ3v) is 5.72. The maximum atomic E-state index is 13.2. The molecule has 31 heavy (non-hydrogen) atoms. The predicted molar refractivity (Wildman–Crippen MR) is 112 cm³/mol. The molecule has 1 N–H and O–H groups in total. The van der Waals surface area contributed by atoms with Crippen LogP contribution in [0, 0.1) is 11.7 Å². The zero-order valence-electron chi connectivity index (χ0n) is 17.1. The summed E-state index contributed by atoms with van der Waals surface area (Å²) >= 11 is 0. The van der Waals surface area contributed by atoms with Gasteiger partial charge in [0.05, 0.1) is 11.5 Å². The minimum atomic E-state index is -0.666. The molecule has 0 radical (unpaired) electrons. The number of aryl methyl sites for hydroxylation is 1. The maximum Gasteiger partial charge on any atom is 0.274 e. The summed E-state index contributed by atoms with van der Waals surface area (Å²) in [6.07, 6.45) is 3.34. The van der Waals surface area contributed by atoms with Crippen LogP contribution in [0.15, 0.2) is 41.3 Å². The Morgan fingerprint density at radius 2 is 1.77 bits per heavy atom. The number of hydrogen-bond acceptors (Lipinski definition) is 4. The summed E-state index contributed by atoms with van der Waals surface area (Å²) in [5.74, 6) is -1.98. The van der Waals surface area contributed by atoms with Gasteiger partial charge in [-0.2, -0.15) is 0 Å². The lowest BCUT2D eigenvalue weighted by Crippen LogP contribution is -2.32. The number of nitrogens with one attached hydrogen (secondary N) is 1. The number of hydrogen-bond donors (Lipinski definition) is 1. The second-order valence-corrected chi connectivity index (χ2v) is 7.93. The van der Waals surface area contributed by atoms with Crippen molar-refractivity contribution in [2.75, 3.05) is 29.9 Å². The van der Waals surface area contributed by atoms with Gasteiger partial charge in [0.15, 0.2) is 0 Å². The standard InChI is InChI=1S/C22H23FN4O4/c1-25-12-15(21(30)26-8-2-3-9-26)10-18(22(25)31)24-20(29)14-11-19(28)27(13-14)17-6-4-16(23)5-7-17/h4-7,10,12,14H,2-3,8-9,11,13H2,1H3,(H,24,29)/t14-/m0/s1. The molecule has 2 fully saturated rings. The van der Waals surface area contributed by atoms with Crippen molar-refractivity contribution in [3.05, 3.63) is 58.3 Å². The van der Waals surface area contributed by atoms with Crippen LogP contribution in [0.5, 0.6) is 0 Å². The Balaban J connectivity index is 1.50. The molecule has 2 aromatic rings. The monoisotopic (exact) mass is 426 g/mol. The summed E-state index contributed by atoms with van der Waals surface area (Å²) in [5.41, 5.74) is 0.404. The van der Waals surface area contributed by atoms with E-state index in [0.29, 0.717) is 24.3 Å². The predicted octanol–water partition coefficient (Wildman–Crippen LogP) is 1.75. The third-order valence-electron chi connectivity index (χ3n) is 5.72. The van der Waals surface area contributed by atoms with Gasteiger partial charge in [-0.15, -0.1) is 0 Å². The number of carbonyl (C=O) groups is 3. The first-order valence-electron chi connectivity index (χ1n) is 10.2. The number of aromatic nitrogens is 1. The van der Waals surface area contributed by atoms with Crippen molar-refractivity contribution in [3.8, 4) is 0 Å². The Labute approximate surface area is 178 Å². The quantitative estimate of drug-likeness (QED) is 0.806. The van der Waals surface area contributed by atoms with Crippen LogP contribution in [0.1, 0.15) is 29.6 Å². The lowest BCUT2D eigenvalue weighted by molar-refractivity contribution is -0.122. The van der Waals surface area contributed by atoms with Crippen molar-refractivity contribution in [3.63, 3.8) is 0 Å². The van der Waals surface area contributed by atoms with E-state index in [1.54, 1.807) is 4.90 Å². The van der Waals surface area contributed by atoms with E-state index in [2.05, 4.69) is 5.32 Å². The lowest BCUT2D eigenvalue weighted by Gasteiger charge is -2.18.